The number of nitrogens with zero attached hydrogens (tertiary/aromatic N) is 1. The first-order valence-corrected chi connectivity index (χ1v) is 10.2. The second-order valence-corrected chi connectivity index (χ2v) is 8.10. The molecule has 2 saturated heterocycles. The standard InChI is InChI=1S/C20H26ClN3O3.ClH/c21-16-12-14(5-6-15(16)20(26)24-7-9-27-10-8-24)22-19(25)18-11-13-3-1-2-4-17(13)23-18;/h5-6,12-13,17-18,23H,1-4,7-11H2,(H,22,25);1H. The molecule has 8 heteroatoms. The van der Waals surface area contributed by atoms with Gasteiger partial charge in [-0.05, 0) is 43.4 Å². The van der Waals surface area contributed by atoms with Gasteiger partial charge in [-0.3, -0.25) is 9.59 Å². The molecule has 4 rings (SSSR count). The number of halogens is 2. The van der Waals surface area contributed by atoms with E-state index in [0.29, 0.717) is 54.5 Å². The molecule has 28 heavy (non-hydrogen) atoms. The van der Waals surface area contributed by atoms with Crippen LogP contribution in [0.15, 0.2) is 18.2 Å². The van der Waals surface area contributed by atoms with Crippen molar-refractivity contribution in [3.8, 4) is 0 Å². The average molecular weight is 428 g/mol. The van der Waals surface area contributed by atoms with Gasteiger partial charge in [-0.25, -0.2) is 0 Å². The number of anilines is 1. The van der Waals surface area contributed by atoms with Crippen LogP contribution in [0.2, 0.25) is 5.02 Å². The van der Waals surface area contributed by atoms with Crippen LogP contribution < -0.4 is 10.6 Å². The Morgan fingerprint density at radius 1 is 1.18 bits per heavy atom. The fourth-order valence-electron chi connectivity index (χ4n) is 4.45. The molecule has 0 aromatic heterocycles. The Kier molecular flexibility index (Phi) is 7.20. The summed E-state index contributed by atoms with van der Waals surface area (Å²) in [5.74, 6) is 0.502. The van der Waals surface area contributed by atoms with Crippen molar-refractivity contribution in [2.45, 2.75) is 44.2 Å². The Hall–Kier alpha value is -1.34. The van der Waals surface area contributed by atoms with E-state index < -0.39 is 0 Å². The van der Waals surface area contributed by atoms with Crippen molar-refractivity contribution < 1.29 is 14.3 Å². The summed E-state index contributed by atoms with van der Waals surface area (Å²) in [6, 6.07) is 5.43. The van der Waals surface area contributed by atoms with Crippen molar-refractivity contribution >= 4 is 41.5 Å². The molecule has 154 valence electrons. The summed E-state index contributed by atoms with van der Waals surface area (Å²) in [5.41, 5.74) is 1.08. The van der Waals surface area contributed by atoms with Crippen molar-refractivity contribution in [3.63, 3.8) is 0 Å². The van der Waals surface area contributed by atoms with Gasteiger partial charge in [-0.1, -0.05) is 24.4 Å². The number of ether oxygens (including phenoxy) is 1. The van der Waals surface area contributed by atoms with E-state index in [4.69, 9.17) is 16.3 Å². The molecule has 1 aliphatic carbocycles. The zero-order valence-corrected chi connectivity index (χ0v) is 17.4. The molecule has 2 aliphatic heterocycles. The van der Waals surface area contributed by atoms with E-state index >= 15 is 0 Å². The lowest BCUT2D eigenvalue weighted by Crippen LogP contribution is -2.41. The molecule has 0 radical (unpaired) electrons. The maximum Gasteiger partial charge on any atom is 0.255 e. The Balaban J connectivity index is 0.00000225. The summed E-state index contributed by atoms with van der Waals surface area (Å²) < 4.78 is 5.28. The second-order valence-electron chi connectivity index (χ2n) is 7.69. The lowest BCUT2D eigenvalue weighted by atomic mass is 9.85. The minimum atomic E-state index is -0.147. The number of fused-ring (bicyclic) bond motifs is 1. The molecular weight excluding hydrogens is 401 g/mol. The fourth-order valence-corrected chi connectivity index (χ4v) is 4.71. The first-order chi connectivity index (χ1) is 13.1. The lowest BCUT2D eigenvalue weighted by molar-refractivity contribution is -0.117. The average Bonchev–Trinajstić information content (AvgIpc) is 3.13. The minimum Gasteiger partial charge on any atom is -0.378 e. The topological polar surface area (TPSA) is 70.7 Å². The highest BCUT2D eigenvalue weighted by atomic mass is 35.5. The van der Waals surface area contributed by atoms with Gasteiger partial charge in [0, 0.05) is 24.8 Å². The molecule has 0 spiro atoms. The Morgan fingerprint density at radius 2 is 1.93 bits per heavy atom. The number of hydrogen-bond donors (Lipinski definition) is 2. The van der Waals surface area contributed by atoms with Gasteiger partial charge in [-0.2, -0.15) is 0 Å². The number of amides is 2. The molecule has 2 N–H and O–H groups in total. The largest absolute Gasteiger partial charge is 0.378 e. The van der Waals surface area contributed by atoms with Crippen LogP contribution in [0.1, 0.15) is 42.5 Å². The summed E-state index contributed by atoms with van der Waals surface area (Å²) in [7, 11) is 0. The van der Waals surface area contributed by atoms with Gasteiger partial charge in [0.05, 0.1) is 29.8 Å². The maximum absolute atomic E-state index is 12.6. The van der Waals surface area contributed by atoms with Gasteiger partial charge >= 0.3 is 0 Å². The monoisotopic (exact) mass is 427 g/mol. The third kappa shape index (κ3) is 4.62. The van der Waals surface area contributed by atoms with Crippen molar-refractivity contribution in [1.29, 1.82) is 0 Å². The van der Waals surface area contributed by atoms with Crippen LogP contribution in [0, 0.1) is 5.92 Å². The number of morpholine rings is 1. The number of carbonyl (C=O) groups is 2. The third-order valence-electron chi connectivity index (χ3n) is 5.94. The van der Waals surface area contributed by atoms with Crippen molar-refractivity contribution in [2.75, 3.05) is 31.6 Å². The molecule has 3 fully saturated rings. The summed E-state index contributed by atoms with van der Waals surface area (Å²) in [4.78, 5) is 27.0. The molecule has 3 aliphatic rings. The van der Waals surface area contributed by atoms with Gasteiger partial charge in [0.2, 0.25) is 5.91 Å². The Morgan fingerprint density at radius 3 is 2.64 bits per heavy atom. The SMILES string of the molecule is Cl.O=C(Nc1ccc(C(=O)N2CCOCC2)c(Cl)c1)C1CC2CCCCC2N1. The summed E-state index contributed by atoms with van der Waals surface area (Å²) in [6.07, 6.45) is 5.80. The van der Waals surface area contributed by atoms with Crippen molar-refractivity contribution in [2.24, 2.45) is 5.92 Å². The molecule has 0 bridgehead atoms. The Labute approximate surface area is 176 Å². The van der Waals surface area contributed by atoms with Crippen LogP contribution in [0.5, 0.6) is 0 Å². The van der Waals surface area contributed by atoms with Gasteiger partial charge in [0.25, 0.3) is 5.91 Å². The van der Waals surface area contributed by atoms with E-state index in [1.165, 1.54) is 25.7 Å². The second kappa shape index (κ2) is 9.44. The number of hydrogen-bond acceptors (Lipinski definition) is 4. The Bertz CT molecular complexity index is 711. The molecule has 3 unspecified atom stereocenters. The predicted octanol–water partition coefficient (Wildman–Crippen LogP) is 3.09. The van der Waals surface area contributed by atoms with E-state index in [9.17, 15) is 9.59 Å². The van der Waals surface area contributed by atoms with Crippen molar-refractivity contribution in [1.82, 2.24) is 10.2 Å². The first kappa shape index (κ1) is 21.4. The van der Waals surface area contributed by atoms with Crippen molar-refractivity contribution in [3.05, 3.63) is 28.8 Å². The predicted molar refractivity (Wildman–Crippen MR) is 111 cm³/mol. The number of rotatable bonds is 3. The normalized spacial score (nSPS) is 26.9. The van der Waals surface area contributed by atoms with Gasteiger partial charge in [0.15, 0.2) is 0 Å². The van der Waals surface area contributed by atoms with E-state index in [2.05, 4.69) is 10.6 Å². The number of nitrogens with one attached hydrogen (secondary N) is 2. The quantitative estimate of drug-likeness (QED) is 0.777. The molecule has 2 heterocycles. The smallest absolute Gasteiger partial charge is 0.255 e. The van der Waals surface area contributed by atoms with E-state index in [-0.39, 0.29) is 30.3 Å². The van der Waals surface area contributed by atoms with Gasteiger partial charge < -0.3 is 20.3 Å². The van der Waals surface area contributed by atoms with E-state index in [1.54, 1.807) is 23.1 Å². The number of carbonyl (C=O) groups excluding carboxylic acids is 2. The molecule has 6 nitrogen and oxygen atoms in total. The van der Waals surface area contributed by atoms with Gasteiger partial charge in [-0.15, -0.1) is 12.4 Å². The molecule has 3 atom stereocenters. The first-order valence-electron chi connectivity index (χ1n) is 9.85. The maximum atomic E-state index is 12.6. The van der Waals surface area contributed by atoms with E-state index in [0.717, 1.165) is 6.42 Å². The fraction of sp³-hybridized carbons (Fsp3) is 0.600. The van der Waals surface area contributed by atoms with Crippen LogP contribution in [0.4, 0.5) is 5.69 Å². The lowest BCUT2D eigenvalue weighted by Gasteiger charge is -2.27. The zero-order chi connectivity index (χ0) is 18.8. The highest BCUT2D eigenvalue weighted by Gasteiger charge is 2.38. The van der Waals surface area contributed by atoms with Crippen LogP contribution in [-0.2, 0) is 9.53 Å². The van der Waals surface area contributed by atoms with E-state index in [1.807, 2.05) is 0 Å². The minimum absolute atomic E-state index is 0. The summed E-state index contributed by atoms with van der Waals surface area (Å²) in [5, 5.41) is 6.79. The van der Waals surface area contributed by atoms with Gasteiger partial charge in [0.1, 0.15) is 0 Å². The molecular formula is C20H27Cl2N3O3. The van der Waals surface area contributed by atoms with Crippen LogP contribution >= 0.6 is 24.0 Å². The third-order valence-corrected chi connectivity index (χ3v) is 6.26. The molecule has 1 aromatic carbocycles. The molecule has 2 amide bonds. The number of benzene rings is 1. The van der Waals surface area contributed by atoms with Crippen LogP contribution in [0.3, 0.4) is 0 Å². The summed E-state index contributed by atoms with van der Waals surface area (Å²) >= 11 is 6.34. The van der Waals surface area contributed by atoms with Crippen LogP contribution in [0.25, 0.3) is 0 Å². The summed E-state index contributed by atoms with van der Waals surface area (Å²) in [6.45, 7) is 2.24. The highest BCUT2D eigenvalue weighted by Crippen LogP contribution is 2.33. The zero-order valence-electron chi connectivity index (χ0n) is 15.8. The van der Waals surface area contributed by atoms with Crippen LogP contribution in [-0.4, -0.2) is 55.1 Å². The molecule has 1 saturated carbocycles. The molecule has 1 aromatic rings. The highest BCUT2D eigenvalue weighted by molar-refractivity contribution is 6.34.